The minimum atomic E-state index is -3.52. The highest BCUT2D eigenvalue weighted by atomic mass is 32.2. The molecule has 2 rings (SSSR count). The molecule has 1 aliphatic heterocycles. The Kier molecular flexibility index (Phi) is 7.79. The molecule has 1 aromatic carbocycles. The number of amides is 2. The van der Waals surface area contributed by atoms with E-state index in [-0.39, 0.29) is 29.7 Å². The Morgan fingerprint density at radius 2 is 1.70 bits per heavy atom. The molecule has 150 valence electrons. The van der Waals surface area contributed by atoms with Crippen molar-refractivity contribution in [3.8, 4) is 0 Å². The third-order valence-corrected chi connectivity index (χ3v) is 6.62. The number of piperidine rings is 1. The molecule has 0 aliphatic carbocycles. The first kappa shape index (κ1) is 21.4. The fourth-order valence-electron chi connectivity index (χ4n) is 2.90. The van der Waals surface area contributed by atoms with Crippen LogP contribution in [-0.2, 0) is 14.8 Å². The van der Waals surface area contributed by atoms with Crippen molar-refractivity contribution in [3.05, 3.63) is 29.8 Å². The zero-order chi connectivity index (χ0) is 19.9. The van der Waals surface area contributed by atoms with Gasteiger partial charge in [-0.15, -0.1) is 0 Å². The van der Waals surface area contributed by atoms with E-state index in [9.17, 15) is 18.0 Å². The van der Waals surface area contributed by atoms with Crippen molar-refractivity contribution < 1.29 is 18.0 Å². The van der Waals surface area contributed by atoms with Crippen molar-refractivity contribution in [2.45, 2.75) is 44.4 Å². The first-order valence-electron chi connectivity index (χ1n) is 9.49. The molecule has 7 nitrogen and oxygen atoms in total. The number of carbonyl (C=O) groups is 2. The summed E-state index contributed by atoms with van der Waals surface area (Å²) in [5, 5.41) is 5.42. The number of hydrogen-bond acceptors (Lipinski definition) is 4. The van der Waals surface area contributed by atoms with Crippen LogP contribution in [0.1, 0.15) is 49.9 Å². The normalized spacial score (nSPS) is 16.1. The van der Waals surface area contributed by atoms with E-state index in [0.717, 1.165) is 19.3 Å². The predicted octanol–water partition coefficient (Wildman–Crippen LogP) is 1.75. The van der Waals surface area contributed by atoms with Gasteiger partial charge in [0.15, 0.2) is 0 Å². The average Bonchev–Trinajstić information content (AvgIpc) is 2.66. The molecule has 1 fully saturated rings. The molecule has 0 spiro atoms. The number of nitrogens with zero attached hydrogens (tertiary/aromatic N) is 1. The molecule has 8 heteroatoms. The molecule has 1 heterocycles. The Balaban J connectivity index is 1.90. The SMILES string of the molecule is CCCNC(=O)CCNC(=O)c1ccc(S(=O)(=O)N2CCC(C)CC2)cc1. The summed E-state index contributed by atoms with van der Waals surface area (Å²) in [6.45, 7) is 6.03. The van der Waals surface area contributed by atoms with E-state index in [1.54, 1.807) is 0 Å². The van der Waals surface area contributed by atoms with Gasteiger partial charge in [-0.3, -0.25) is 9.59 Å². The Hall–Kier alpha value is -1.93. The van der Waals surface area contributed by atoms with E-state index >= 15 is 0 Å². The number of sulfonamides is 1. The lowest BCUT2D eigenvalue weighted by Gasteiger charge is -2.29. The van der Waals surface area contributed by atoms with Gasteiger partial charge in [-0.1, -0.05) is 13.8 Å². The molecule has 1 aromatic rings. The minimum Gasteiger partial charge on any atom is -0.356 e. The van der Waals surface area contributed by atoms with Gasteiger partial charge in [0.25, 0.3) is 5.91 Å². The van der Waals surface area contributed by atoms with E-state index in [0.29, 0.717) is 31.1 Å². The van der Waals surface area contributed by atoms with Crippen LogP contribution in [0.5, 0.6) is 0 Å². The molecule has 0 saturated carbocycles. The standard InChI is InChI=1S/C19H29N3O4S/c1-3-11-20-18(23)8-12-21-19(24)16-4-6-17(7-5-16)27(25,26)22-13-9-15(2)10-14-22/h4-7,15H,3,8-14H2,1-2H3,(H,20,23)(H,21,24). The summed E-state index contributed by atoms with van der Waals surface area (Å²) in [5.41, 5.74) is 0.371. The minimum absolute atomic E-state index is 0.102. The highest BCUT2D eigenvalue weighted by Gasteiger charge is 2.28. The van der Waals surface area contributed by atoms with Crippen LogP contribution in [0, 0.1) is 5.92 Å². The van der Waals surface area contributed by atoms with Crippen LogP contribution in [0.4, 0.5) is 0 Å². The molecule has 0 aromatic heterocycles. The summed E-state index contributed by atoms with van der Waals surface area (Å²) in [4.78, 5) is 23.8. The highest BCUT2D eigenvalue weighted by molar-refractivity contribution is 7.89. The molecule has 27 heavy (non-hydrogen) atoms. The molecular formula is C19H29N3O4S. The van der Waals surface area contributed by atoms with Crippen molar-refractivity contribution >= 4 is 21.8 Å². The van der Waals surface area contributed by atoms with Crippen molar-refractivity contribution in [1.29, 1.82) is 0 Å². The van der Waals surface area contributed by atoms with E-state index in [1.807, 2.05) is 6.92 Å². The van der Waals surface area contributed by atoms with Crippen molar-refractivity contribution in [2.24, 2.45) is 5.92 Å². The molecule has 2 amide bonds. The molecular weight excluding hydrogens is 366 g/mol. The Bertz CT molecular complexity index is 739. The molecule has 0 radical (unpaired) electrons. The summed E-state index contributed by atoms with van der Waals surface area (Å²) >= 11 is 0. The van der Waals surface area contributed by atoms with E-state index < -0.39 is 10.0 Å². The van der Waals surface area contributed by atoms with E-state index in [2.05, 4.69) is 17.6 Å². The average molecular weight is 396 g/mol. The lowest BCUT2D eigenvalue weighted by molar-refractivity contribution is -0.120. The number of carbonyl (C=O) groups excluding carboxylic acids is 2. The van der Waals surface area contributed by atoms with Crippen LogP contribution in [0.15, 0.2) is 29.2 Å². The topological polar surface area (TPSA) is 95.6 Å². The smallest absolute Gasteiger partial charge is 0.251 e. The van der Waals surface area contributed by atoms with Gasteiger partial charge in [-0.2, -0.15) is 4.31 Å². The second-order valence-electron chi connectivity index (χ2n) is 6.97. The largest absolute Gasteiger partial charge is 0.356 e. The van der Waals surface area contributed by atoms with Gasteiger partial charge in [0.1, 0.15) is 0 Å². The fourth-order valence-corrected chi connectivity index (χ4v) is 4.37. The zero-order valence-electron chi connectivity index (χ0n) is 16.0. The summed E-state index contributed by atoms with van der Waals surface area (Å²) in [5.74, 6) is 0.120. The maximum absolute atomic E-state index is 12.7. The molecule has 2 N–H and O–H groups in total. The monoisotopic (exact) mass is 395 g/mol. The van der Waals surface area contributed by atoms with Crippen LogP contribution in [0.25, 0.3) is 0 Å². The number of nitrogens with one attached hydrogen (secondary N) is 2. The van der Waals surface area contributed by atoms with Crippen LogP contribution in [0.2, 0.25) is 0 Å². The van der Waals surface area contributed by atoms with Crippen molar-refractivity contribution in [1.82, 2.24) is 14.9 Å². The second kappa shape index (κ2) is 9.85. The van der Waals surface area contributed by atoms with Gasteiger partial charge in [-0.05, 0) is 49.4 Å². The van der Waals surface area contributed by atoms with Crippen LogP contribution < -0.4 is 10.6 Å². The van der Waals surface area contributed by atoms with Gasteiger partial charge >= 0.3 is 0 Å². The van der Waals surface area contributed by atoms with Crippen LogP contribution >= 0.6 is 0 Å². The van der Waals surface area contributed by atoms with Crippen molar-refractivity contribution in [2.75, 3.05) is 26.2 Å². The van der Waals surface area contributed by atoms with Crippen LogP contribution in [-0.4, -0.2) is 50.7 Å². The maximum atomic E-state index is 12.7. The van der Waals surface area contributed by atoms with Gasteiger partial charge in [0.05, 0.1) is 4.90 Å². The first-order valence-corrected chi connectivity index (χ1v) is 10.9. The van der Waals surface area contributed by atoms with Crippen molar-refractivity contribution in [3.63, 3.8) is 0 Å². The van der Waals surface area contributed by atoms with E-state index in [1.165, 1.54) is 28.6 Å². The molecule has 0 unspecified atom stereocenters. The fraction of sp³-hybridized carbons (Fsp3) is 0.579. The summed E-state index contributed by atoms with van der Waals surface area (Å²) in [6, 6.07) is 5.95. The third kappa shape index (κ3) is 6.04. The lowest BCUT2D eigenvalue weighted by atomic mass is 10.0. The quantitative estimate of drug-likeness (QED) is 0.701. The van der Waals surface area contributed by atoms with Gasteiger partial charge in [-0.25, -0.2) is 8.42 Å². The predicted molar refractivity (Wildman–Crippen MR) is 104 cm³/mol. The van der Waals surface area contributed by atoms with Gasteiger partial charge in [0, 0.05) is 38.2 Å². The summed E-state index contributed by atoms with van der Waals surface area (Å²) in [6.07, 6.45) is 2.81. The highest BCUT2D eigenvalue weighted by Crippen LogP contribution is 2.23. The van der Waals surface area contributed by atoms with Gasteiger partial charge in [0.2, 0.25) is 15.9 Å². The first-order chi connectivity index (χ1) is 12.8. The number of hydrogen-bond donors (Lipinski definition) is 2. The van der Waals surface area contributed by atoms with Crippen LogP contribution in [0.3, 0.4) is 0 Å². The van der Waals surface area contributed by atoms with Gasteiger partial charge < -0.3 is 10.6 Å². The zero-order valence-corrected chi connectivity index (χ0v) is 16.8. The Morgan fingerprint density at radius 1 is 1.07 bits per heavy atom. The molecule has 0 bridgehead atoms. The molecule has 0 atom stereocenters. The maximum Gasteiger partial charge on any atom is 0.251 e. The number of rotatable bonds is 8. The molecule has 1 aliphatic rings. The second-order valence-corrected chi connectivity index (χ2v) is 8.90. The Labute approximate surface area is 161 Å². The third-order valence-electron chi connectivity index (χ3n) is 4.71. The Morgan fingerprint density at radius 3 is 2.30 bits per heavy atom. The molecule has 1 saturated heterocycles. The summed E-state index contributed by atoms with van der Waals surface area (Å²) in [7, 11) is -3.52. The number of benzene rings is 1. The lowest BCUT2D eigenvalue weighted by Crippen LogP contribution is -2.37. The van der Waals surface area contributed by atoms with E-state index in [4.69, 9.17) is 0 Å². The summed E-state index contributed by atoms with van der Waals surface area (Å²) < 4.78 is 26.9.